The molecular formula is C19H20ClN3O4. The van der Waals surface area contributed by atoms with Gasteiger partial charge in [0.25, 0.3) is 0 Å². The molecule has 2 aromatic rings. The normalized spacial score (nSPS) is 16.0. The smallest absolute Gasteiger partial charge is 0.414 e. The Labute approximate surface area is 162 Å². The van der Waals surface area contributed by atoms with Gasteiger partial charge in [-0.1, -0.05) is 29.8 Å². The second-order valence-corrected chi connectivity index (χ2v) is 6.44. The summed E-state index contributed by atoms with van der Waals surface area (Å²) in [7, 11) is 1.60. The Morgan fingerprint density at radius 2 is 2.04 bits per heavy atom. The van der Waals surface area contributed by atoms with Crippen LogP contribution in [-0.4, -0.2) is 38.4 Å². The van der Waals surface area contributed by atoms with E-state index in [0.29, 0.717) is 23.8 Å². The van der Waals surface area contributed by atoms with Crippen LogP contribution in [0, 0.1) is 0 Å². The summed E-state index contributed by atoms with van der Waals surface area (Å²) in [4.78, 5) is 25.5. The maximum Gasteiger partial charge on any atom is 0.414 e. The molecule has 0 spiro atoms. The van der Waals surface area contributed by atoms with E-state index in [1.807, 2.05) is 24.3 Å². The van der Waals surface area contributed by atoms with Crippen LogP contribution in [0.2, 0.25) is 5.02 Å². The zero-order chi connectivity index (χ0) is 19.2. The molecule has 3 amide bonds. The first-order valence-corrected chi connectivity index (χ1v) is 8.81. The molecule has 7 nitrogen and oxygen atoms in total. The number of benzene rings is 2. The zero-order valence-electron chi connectivity index (χ0n) is 14.8. The number of hydrogen-bond acceptors (Lipinski definition) is 4. The fourth-order valence-corrected chi connectivity index (χ4v) is 2.86. The number of rotatable bonds is 6. The van der Waals surface area contributed by atoms with Crippen LogP contribution < -0.4 is 20.3 Å². The Bertz CT molecular complexity index is 813. The fourth-order valence-electron chi connectivity index (χ4n) is 2.68. The van der Waals surface area contributed by atoms with Gasteiger partial charge in [0.15, 0.2) is 0 Å². The first-order valence-electron chi connectivity index (χ1n) is 8.43. The van der Waals surface area contributed by atoms with E-state index in [1.54, 1.807) is 31.4 Å². The third-order valence-electron chi connectivity index (χ3n) is 4.10. The summed E-state index contributed by atoms with van der Waals surface area (Å²) < 4.78 is 10.4. The summed E-state index contributed by atoms with van der Waals surface area (Å²) in [6.45, 7) is 0.949. The monoisotopic (exact) mass is 389 g/mol. The third kappa shape index (κ3) is 5.04. The van der Waals surface area contributed by atoms with Gasteiger partial charge in [0.2, 0.25) is 0 Å². The van der Waals surface area contributed by atoms with E-state index in [2.05, 4.69) is 10.6 Å². The van der Waals surface area contributed by atoms with Crippen molar-refractivity contribution >= 4 is 29.4 Å². The van der Waals surface area contributed by atoms with Gasteiger partial charge in [0.05, 0.1) is 20.2 Å². The first kappa shape index (κ1) is 18.8. The molecule has 2 N–H and O–H groups in total. The number of urea groups is 1. The van der Waals surface area contributed by atoms with Crippen LogP contribution in [0.5, 0.6) is 5.75 Å². The van der Waals surface area contributed by atoms with Crippen molar-refractivity contribution < 1.29 is 19.1 Å². The quantitative estimate of drug-likeness (QED) is 0.795. The van der Waals surface area contributed by atoms with Gasteiger partial charge in [-0.05, 0) is 35.9 Å². The van der Waals surface area contributed by atoms with Crippen LogP contribution in [0.15, 0.2) is 48.5 Å². The van der Waals surface area contributed by atoms with Gasteiger partial charge in [0.1, 0.15) is 11.9 Å². The molecule has 0 radical (unpaired) electrons. The molecule has 1 fully saturated rings. The molecule has 3 rings (SSSR count). The minimum absolute atomic E-state index is 0.219. The van der Waals surface area contributed by atoms with Crippen molar-refractivity contribution in [3.05, 3.63) is 59.1 Å². The molecule has 1 aliphatic rings. The average Bonchev–Trinajstić information content (AvgIpc) is 3.06. The first-order chi connectivity index (χ1) is 13.0. The summed E-state index contributed by atoms with van der Waals surface area (Å²) in [5.74, 6) is 0.760. The average molecular weight is 390 g/mol. The molecule has 8 heteroatoms. The van der Waals surface area contributed by atoms with E-state index in [4.69, 9.17) is 21.1 Å². The summed E-state index contributed by atoms with van der Waals surface area (Å²) in [5.41, 5.74) is 1.62. The van der Waals surface area contributed by atoms with Crippen LogP contribution in [0.25, 0.3) is 0 Å². The standard InChI is InChI=1S/C19H20ClN3O4/c1-26-16-7-5-13(6-8-16)10-21-18(24)22-11-17-12-23(19(25)27-17)15-4-2-3-14(20)9-15/h2-9,17H,10-12H2,1H3,(H2,21,22,24)/t17-/m0/s1. The Balaban J connectivity index is 1.44. The van der Waals surface area contributed by atoms with Gasteiger partial charge in [0, 0.05) is 17.3 Å². The van der Waals surface area contributed by atoms with Crippen molar-refractivity contribution in [2.24, 2.45) is 0 Å². The van der Waals surface area contributed by atoms with E-state index in [9.17, 15) is 9.59 Å². The molecule has 0 bridgehead atoms. The maximum atomic E-state index is 12.0. The van der Waals surface area contributed by atoms with Gasteiger partial charge < -0.3 is 20.1 Å². The molecular weight excluding hydrogens is 370 g/mol. The lowest BCUT2D eigenvalue weighted by Crippen LogP contribution is -2.40. The van der Waals surface area contributed by atoms with Crippen molar-refractivity contribution in [2.75, 3.05) is 25.1 Å². The highest BCUT2D eigenvalue weighted by atomic mass is 35.5. The molecule has 0 unspecified atom stereocenters. The van der Waals surface area contributed by atoms with Gasteiger partial charge in [-0.2, -0.15) is 0 Å². The molecule has 1 saturated heterocycles. The third-order valence-corrected chi connectivity index (χ3v) is 4.33. The molecule has 27 heavy (non-hydrogen) atoms. The lowest BCUT2D eigenvalue weighted by molar-refractivity contribution is 0.140. The van der Waals surface area contributed by atoms with Crippen LogP contribution in [0.1, 0.15) is 5.56 Å². The number of carbonyl (C=O) groups excluding carboxylic acids is 2. The zero-order valence-corrected chi connectivity index (χ0v) is 15.5. The summed E-state index contributed by atoms with van der Waals surface area (Å²) >= 11 is 5.96. The molecule has 1 aliphatic heterocycles. The lowest BCUT2D eigenvalue weighted by atomic mass is 10.2. The minimum atomic E-state index is -0.456. The van der Waals surface area contributed by atoms with Crippen LogP contribution in [0.3, 0.4) is 0 Å². The largest absolute Gasteiger partial charge is 0.497 e. The SMILES string of the molecule is COc1ccc(CNC(=O)NC[C@H]2CN(c3cccc(Cl)c3)C(=O)O2)cc1. The molecule has 0 aromatic heterocycles. The van der Waals surface area contributed by atoms with Crippen molar-refractivity contribution in [3.63, 3.8) is 0 Å². The summed E-state index contributed by atoms with van der Waals surface area (Å²) in [6.07, 6.45) is -0.883. The van der Waals surface area contributed by atoms with Crippen LogP contribution in [-0.2, 0) is 11.3 Å². The number of nitrogens with one attached hydrogen (secondary N) is 2. The van der Waals surface area contributed by atoms with Gasteiger partial charge in [-0.25, -0.2) is 9.59 Å². The van der Waals surface area contributed by atoms with Crippen molar-refractivity contribution in [1.29, 1.82) is 0 Å². The minimum Gasteiger partial charge on any atom is -0.497 e. The highest BCUT2D eigenvalue weighted by Crippen LogP contribution is 2.24. The topological polar surface area (TPSA) is 79.9 Å². The number of carbonyl (C=O) groups is 2. The van der Waals surface area contributed by atoms with Crippen LogP contribution >= 0.6 is 11.6 Å². The molecule has 0 aliphatic carbocycles. The van der Waals surface area contributed by atoms with E-state index in [1.165, 1.54) is 4.90 Å². The van der Waals surface area contributed by atoms with E-state index in [-0.39, 0.29) is 12.6 Å². The van der Waals surface area contributed by atoms with Gasteiger partial charge in [-0.3, -0.25) is 4.90 Å². The number of methoxy groups -OCH3 is 1. The molecule has 0 saturated carbocycles. The number of nitrogens with zero attached hydrogens (tertiary/aromatic N) is 1. The molecule has 1 heterocycles. The number of cyclic esters (lactones) is 1. The number of amides is 3. The maximum absolute atomic E-state index is 12.0. The second kappa shape index (κ2) is 8.64. The number of ether oxygens (including phenoxy) is 2. The number of anilines is 1. The fraction of sp³-hybridized carbons (Fsp3) is 0.263. The lowest BCUT2D eigenvalue weighted by Gasteiger charge is -2.13. The van der Waals surface area contributed by atoms with E-state index in [0.717, 1.165) is 11.3 Å². The predicted octanol–water partition coefficient (Wildman–Crippen LogP) is 3.17. The van der Waals surface area contributed by atoms with E-state index >= 15 is 0 Å². The Kier molecular flexibility index (Phi) is 6.03. The van der Waals surface area contributed by atoms with Crippen molar-refractivity contribution in [2.45, 2.75) is 12.6 Å². The molecule has 2 aromatic carbocycles. The Hall–Kier alpha value is -2.93. The molecule has 1 atom stereocenters. The van der Waals surface area contributed by atoms with Crippen molar-refractivity contribution in [3.8, 4) is 5.75 Å². The highest BCUT2D eigenvalue weighted by Gasteiger charge is 2.32. The van der Waals surface area contributed by atoms with E-state index < -0.39 is 12.2 Å². The Morgan fingerprint density at radius 1 is 1.26 bits per heavy atom. The summed E-state index contributed by atoms with van der Waals surface area (Å²) in [5, 5.41) is 6.02. The Morgan fingerprint density at radius 3 is 2.74 bits per heavy atom. The predicted molar refractivity (Wildman–Crippen MR) is 102 cm³/mol. The summed E-state index contributed by atoms with van der Waals surface area (Å²) in [6, 6.07) is 14.1. The highest BCUT2D eigenvalue weighted by molar-refractivity contribution is 6.30. The van der Waals surface area contributed by atoms with Gasteiger partial charge >= 0.3 is 12.1 Å². The number of halogens is 1. The van der Waals surface area contributed by atoms with Gasteiger partial charge in [-0.15, -0.1) is 0 Å². The molecule has 142 valence electrons. The second-order valence-electron chi connectivity index (χ2n) is 6.01. The van der Waals surface area contributed by atoms with Crippen LogP contribution in [0.4, 0.5) is 15.3 Å². The number of hydrogen-bond donors (Lipinski definition) is 2. The van der Waals surface area contributed by atoms with Crippen molar-refractivity contribution in [1.82, 2.24) is 10.6 Å².